The minimum atomic E-state index is -0.389. The zero-order chi connectivity index (χ0) is 15.7. The second-order valence-corrected chi connectivity index (χ2v) is 5.28. The molecule has 0 spiro atoms. The minimum Gasteiger partial charge on any atom is -0.454 e. The van der Waals surface area contributed by atoms with Crippen LogP contribution in [0.2, 0.25) is 0 Å². The third-order valence-corrected chi connectivity index (χ3v) is 3.65. The maximum absolute atomic E-state index is 11.3. The van der Waals surface area contributed by atoms with E-state index in [1.165, 1.54) is 11.6 Å². The van der Waals surface area contributed by atoms with Crippen molar-refractivity contribution in [2.75, 3.05) is 18.7 Å². The first-order chi connectivity index (χ1) is 10.5. The van der Waals surface area contributed by atoms with Crippen LogP contribution in [0.3, 0.4) is 0 Å². The molecule has 1 aliphatic heterocycles. The Balaban J connectivity index is 1.90. The SMILES string of the molecule is Cc1ccc(N(C)Cc2cc3c(cc2[N+](=O)[O-])OCO3)cc1. The second-order valence-electron chi connectivity index (χ2n) is 5.28. The van der Waals surface area contributed by atoms with E-state index >= 15 is 0 Å². The molecule has 2 aromatic carbocycles. The van der Waals surface area contributed by atoms with Crippen LogP contribution in [-0.2, 0) is 6.54 Å². The number of benzene rings is 2. The standard InChI is InChI=1S/C16H16N2O4/c1-11-3-5-13(6-4-11)17(2)9-12-7-15-16(22-10-21-15)8-14(12)18(19)20/h3-8H,9-10H2,1-2H3. The molecule has 0 N–H and O–H groups in total. The van der Waals surface area contributed by atoms with E-state index in [1.54, 1.807) is 6.07 Å². The lowest BCUT2D eigenvalue weighted by atomic mass is 10.1. The Labute approximate surface area is 128 Å². The van der Waals surface area contributed by atoms with Crippen LogP contribution in [0.4, 0.5) is 11.4 Å². The van der Waals surface area contributed by atoms with Gasteiger partial charge in [0.05, 0.1) is 16.6 Å². The van der Waals surface area contributed by atoms with E-state index in [1.807, 2.05) is 43.1 Å². The van der Waals surface area contributed by atoms with Crippen LogP contribution in [-0.4, -0.2) is 18.8 Å². The Morgan fingerprint density at radius 2 is 1.82 bits per heavy atom. The summed E-state index contributed by atoms with van der Waals surface area (Å²) in [5.41, 5.74) is 2.81. The smallest absolute Gasteiger partial charge is 0.278 e. The number of anilines is 1. The van der Waals surface area contributed by atoms with Crippen LogP contribution >= 0.6 is 0 Å². The van der Waals surface area contributed by atoms with Gasteiger partial charge in [-0.3, -0.25) is 10.1 Å². The van der Waals surface area contributed by atoms with Crippen LogP contribution in [0.15, 0.2) is 36.4 Å². The van der Waals surface area contributed by atoms with Crippen molar-refractivity contribution in [3.8, 4) is 11.5 Å². The molecule has 1 aliphatic rings. The number of hydrogen-bond acceptors (Lipinski definition) is 5. The number of aryl methyl sites for hydroxylation is 1. The largest absolute Gasteiger partial charge is 0.454 e. The van der Waals surface area contributed by atoms with Crippen LogP contribution in [0.25, 0.3) is 0 Å². The number of hydrogen-bond donors (Lipinski definition) is 0. The fourth-order valence-electron chi connectivity index (χ4n) is 2.42. The molecule has 22 heavy (non-hydrogen) atoms. The lowest BCUT2D eigenvalue weighted by molar-refractivity contribution is -0.385. The van der Waals surface area contributed by atoms with Gasteiger partial charge in [0.25, 0.3) is 5.69 Å². The summed E-state index contributed by atoms with van der Waals surface area (Å²) in [6.45, 7) is 2.53. The topological polar surface area (TPSA) is 64.8 Å². The zero-order valence-corrected chi connectivity index (χ0v) is 12.4. The normalized spacial score (nSPS) is 12.3. The van der Waals surface area contributed by atoms with E-state index in [0.717, 1.165) is 5.69 Å². The number of fused-ring (bicyclic) bond motifs is 1. The zero-order valence-electron chi connectivity index (χ0n) is 12.4. The summed E-state index contributed by atoms with van der Waals surface area (Å²) in [7, 11) is 1.90. The first-order valence-electron chi connectivity index (χ1n) is 6.89. The Hall–Kier alpha value is -2.76. The quantitative estimate of drug-likeness (QED) is 0.640. The first-order valence-corrected chi connectivity index (χ1v) is 6.89. The molecular formula is C16H16N2O4. The van der Waals surface area contributed by atoms with Gasteiger partial charge in [-0.05, 0) is 25.1 Å². The summed E-state index contributed by atoms with van der Waals surface area (Å²) >= 11 is 0. The van der Waals surface area contributed by atoms with Gasteiger partial charge in [0.2, 0.25) is 6.79 Å². The Kier molecular flexibility index (Phi) is 3.58. The molecule has 0 saturated carbocycles. The predicted molar refractivity (Wildman–Crippen MR) is 82.5 cm³/mol. The van der Waals surface area contributed by atoms with Crippen molar-refractivity contribution in [2.24, 2.45) is 0 Å². The second kappa shape index (κ2) is 5.55. The predicted octanol–water partition coefficient (Wildman–Crippen LogP) is 3.27. The number of nitro benzene ring substituents is 1. The third kappa shape index (κ3) is 2.67. The van der Waals surface area contributed by atoms with Crippen molar-refractivity contribution >= 4 is 11.4 Å². The molecule has 0 aliphatic carbocycles. The summed E-state index contributed by atoms with van der Waals surface area (Å²) in [4.78, 5) is 12.8. The highest BCUT2D eigenvalue weighted by atomic mass is 16.7. The molecular weight excluding hydrogens is 284 g/mol. The number of ether oxygens (including phenoxy) is 2. The van der Waals surface area contributed by atoms with Crippen molar-refractivity contribution in [1.82, 2.24) is 0 Å². The molecule has 0 saturated heterocycles. The summed E-state index contributed by atoms with van der Waals surface area (Å²) in [6, 6.07) is 11.1. The van der Waals surface area contributed by atoms with Gasteiger partial charge in [-0.1, -0.05) is 17.7 Å². The Morgan fingerprint density at radius 3 is 2.45 bits per heavy atom. The molecule has 6 heteroatoms. The summed E-state index contributed by atoms with van der Waals surface area (Å²) in [6.07, 6.45) is 0. The third-order valence-electron chi connectivity index (χ3n) is 3.65. The molecule has 0 atom stereocenters. The molecule has 2 aromatic rings. The van der Waals surface area contributed by atoms with Crippen LogP contribution in [0.5, 0.6) is 11.5 Å². The minimum absolute atomic E-state index is 0.0446. The molecule has 1 heterocycles. The lowest BCUT2D eigenvalue weighted by Gasteiger charge is -2.19. The van der Waals surface area contributed by atoms with Crippen molar-refractivity contribution in [2.45, 2.75) is 13.5 Å². The fraction of sp³-hybridized carbons (Fsp3) is 0.250. The van der Waals surface area contributed by atoms with Crippen molar-refractivity contribution in [3.05, 3.63) is 57.6 Å². The van der Waals surface area contributed by atoms with Gasteiger partial charge in [-0.15, -0.1) is 0 Å². The highest BCUT2D eigenvalue weighted by Gasteiger charge is 2.24. The van der Waals surface area contributed by atoms with Crippen molar-refractivity contribution in [1.29, 1.82) is 0 Å². The van der Waals surface area contributed by atoms with Gasteiger partial charge in [0.15, 0.2) is 11.5 Å². The van der Waals surface area contributed by atoms with Crippen molar-refractivity contribution < 1.29 is 14.4 Å². The number of nitro groups is 1. The highest BCUT2D eigenvalue weighted by Crippen LogP contribution is 2.38. The molecule has 114 valence electrons. The molecule has 6 nitrogen and oxygen atoms in total. The summed E-state index contributed by atoms with van der Waals surface area (Å²) < 4.78 is 10.5. The average molecular weight is 300 g/mol. The van der Waals surface area contributed by atoms with Crippen LogP contribution in [0.1, 0.15) is 11.1 Å². The Bertz CT molecular complexity index is 713. The molecule has 0 bridgehead atoms. The van der Waals surface area contributed by atoms with Crippen LogP contribution in [0, 0.1) is 17.0 Å². The van der Waals surface area contributed by atoms with Crippen LogP contribution < -0.4 is 14.4 Å². The molecule has 3 rings (SSSR count). The molecule has 0 radical (unpaired) electrons. The van der Waals surface area contributed by atoms with Gasteiger partial charge in [-0.2, -0.15) is 0 Å². The van der Waals surface area contributed by atoms with Gasteiger partial charge in [0, 0.05) is 19.3 Å². The van der Waals surface area contributed by atoms with Gasteiger partial charge in [-0.25, -0.2) is 0 Å². The van der Waals surface area contributed by atoms with Gasteiger partial charge in [0.1, 0.15) is 0 Å². The molecule has 0 aromatic heterocycles. The van der Waals surface area contributed by atoms with E-state index in [2.05, 4.69) is 0 Å². The average Bonchev–Trinajstić information content (AvgIpc) is 2.94. The van der Waals surface area contributed by atoms with E-state index in [-0.39, 0.29) is 17.4 Å². The summed E-state index contributed by atoms with van der Waals surface area (Å²) in [5, 5.41) is 11.3. The maximum atomic E-state index is 11.3. The first kappa shape index (κ1) is 14.2. The highest BCUT2D eigenvalue weighted by molar-refractivity contribution is 5.57. The van der Waals surface area contributed by atoms with E-state index in [9.17, 15) is 10.1 Å². The fourth-order valence-corrected chi connectivity index (χ4v) is 2.42. The van der Waals surface area contributed by atoms with E-state index < -0.39 is 0 Å². The van der Waals surface area contributed by atoms with Gasteiger partial charge < -0.3 is 14.4 Å². The van der Waals surface area contributed by atoms with E-state index in [4.69, 9.17) is 9.47 Å². The molecule has 0 fully saturated rings. The number of nitrogens with zero attached hydrogens (tertiary/aromatic N) is 2. The lowest BCUT2D eigenvalue weighted by Crippen LogP contribution is -2.17. The summed E-state index contributed by atoms with van der Waals surface area (Å²) in [5.74, 6) is 0.978. The van der Waals surface area contributed by atoms with Crippen molar-refractivity contribution in [3.63, 3.8) is 0 Å². The molecule has 0 amide bonds. The maximum Gasteiger partial charge on any atom is 0.278 e. The number of rotatable bonds is 4. The van der Waals surface area contributed by atoms with Gasteiger partial charge >= 0.3 is 0 Å². The molecule has 0 unspecified atom stereocenters. The van der Waals surface area contributed by atoms with E-state index in [0.29, 0.717) is 23.6 Å². The Morgan fingerprint density at radius 1 is 1.18 bits per heavy atom. The monoisotopic (exact) mass is 300 g/mol.